The predicted octanol–water partition coefficient (Wildman–Crippen LogP) is 0.819. The first kappa shape index (κ1) is 19.4. The van der Waals surface area contributed by atoms with Crippen molar-refractivity contribution in [2.45, 2.75) is 31.8 Å². The molecule has 1 N–H and O–H groups in total. The summed E-state index contributed by atoms with van der Waals surface area (Å²) in [5.41, 5.74) is 1.43. The Morgan fingerprint density at radius 3 is 2.44 bits per heavy atom. The first-order valence-electron chi connectivity index (χ1n) is 8.27. The van der Waals surface area contributed by atoms with E-state index >= 15 is 0 Å². The Bertz CT molecular complexity index is 731. The van der Waals surface area contributed by atoms with Gasteiger partial charge in [-0.15, -0.1) is 0 Å². The molecular formula is C17H25N3O4S. The Morgan fingerprint density at radius 2 is 1.88 bits per heavy atom. The first-order chi connectivity index (χ1) is 11.7. The molecule has 8 heteroatoms. The zero-order valence-corrected chi connectivity index (χ0v) is 15.7. The number of nitrogens with zero attached hydrogens (tertiary/aromatic N) is 2. The van der Waals surface area contributed by atoms with Crippen molar-refractivity contribution in [1.29, 1.82) is 0 Å². The van der Waals surface area contributed by atoms with Gasteiger partial charge in [0.15, 0.2) is 0 Å². The number of carbonyl (C=O) groups excluding carboxylic acids is 2. The molecular weight excluding hydrogens is 342 g/mol. The van der Waals surface area contributed by atoms with Crippen LogP contribution in [0.2, 0.25) is 0 Å². The molecule has 1 aliphatic heterocycles. The van der Waals surface area contributed by atoms with Crippen molar-refractivity contribution in [3.63, 3.8) is 0 Å². The molecule has 0 spiro atoms. The van der Waals surface area contributed by atoms with E-state index in [2.05, 4.69) is 5.32 Å². The number of hydrogen-bond donors (Lipinski definition) is 1. The highest BCUT2D eigenvalue weighted by molar-refractivity contribution is 7.88. The molecule has 0 bridgehead atoms. The second-order valence-corrected chi connectivity index (χ2v) is 8.29. The molecule has 2 amide bonds. The third kappa shape index (κ3) is 4.79. The molecule has 0 saturated carbocycles. The van der Waals surface area contributed by atoms with Crippen molar-refractivity contribution >= 4 is 21.8 Å². The summed E-state index contributed by atoms with van der Waals surface area (Å²) >= 11 is 0. The van der Waals surface area contributed by atoms with Gasteiger partial charge in [-0.05, 0) is 30.5 Å². The van der Waals surface area contributed by atoms with Crippen molar-refractivity contribution in [1.82, 2.24) is 14.5 Å². The highest BCUT2D eigenvalue weighted by Crippen LogP contribution is 2.22. The lowest BCUT2D eigenvalue weighted by atomic mass is 10.0. The van der Waals surface area contributed by atoms with E-state index in [1.807, 2.05) is 0 Å². The third-order valence-electron chi connectivity index (χ3n) is 4.40. The molecule has 2 rings (SSSR count). The first-order valence-corrected chi connectivity index (χ1v) is 10.1. The Labute approximate surface area is 149 Å². The van der Waals surface area contributed by atoms with Crippen LogP contribution in [0.4, 0.5) is 0 Å². The maximum absolute atomic E-state index is 12.7. The summed E-state index contributed by atoms with van der Waals surface area (Å²) in [6.45, 7) is 0.755. The maximum atomic E-state index is 12.7. The fourth-order valence-electron chi connectivity index (χ4n) is 3.06. The van der Waals surface area contributed by atoms with Crippen LogP contribution < -0.4 is 5.32 Å². The third-order valence-corrected chi connectivity index (χ3v) is 5.69. The van der Waals surface area contributed by atoms with Crippen molar-refractivity contribution in [2.75, 3.05) is 26.9 Å². The molecule has 1 aliphatic rings. The summed E-state index contributed by atoms with van der Waals surface area (Å²) in [5, 5.41) is 2.56. The van der Waals surface area contributed by atoms with Gasteiger partial charge < -0.3 is 10.2 Å². The van der Waals surface area contributed by atoms with Crippen LogP contribution in [0.25, 0.3) is 0 Å². The molecule has 1 heterocycles. The molecule has 0 radical (unpaired) electrons. The minimum absolute atomic E-state index is 0.165. The van der Waals surface area contributed by atoms with Crippen molar-refractivity contribution in [3.05, 3.63) is 35.4 Å². The van der Waals surface area contributed by atoms with Crippen LogP contribution in [-0.4, -0.2) is 62.4 Å². The summed E-state index contributed by atoms with van der Waals surface area (Å²) in [6, 6.07) is 6.37. The van der Waals surface area contributed by atoms with Crippen LogP contribution in [0.15, 0.2) is 24.3 Å². The summed E-state index contributed by atoms with van der Waals surface area (Å²) in [6.07, 6.45) is 3.32. The summed E-state index contributed by atoms with van der Waals surface area (Å²) in [4.78, 5) is 25.8. The molecule has 25 heavy (non-hydrogen) atoms. The van der Waals surface area contributed by atoms with Crippen LogP contribution in [0.5, 0.6) is 0 Å². The molecule has 0 aliphatic carbocycles. The SMILES string of the molecule is CNC(=O)c1ccc(CN(C)C(=O)C2CCCCN2S(C)(=O)=O)cc1. The van der Waals surface area contributed by atoms with Gasteiger partial charge in [0.25, 0.3) is 5.91 Å². The number of rotatable bonds is 5. The standard InChI is InChI=1S/C17H25N3O4S/c1-18-16(21)14-9-7-13(8-10-14)12-19(2)17(22)15-6-4-5-11-20(15)25(3,23)24/h7-10,15H,4-6,11-12H2,1-3H3,(H,18,21). The quantitative estimate of drug-likeness (QED) is 0.835. The molecule has 1 saturated heterocycles. The largest absolute Gasteiger partial charge is 0.355 e. The number of carbonyl (C=O) groups is 2. The molecule has 0 aromatic heterocycles. The molecule has 1 atom stereocenters. The number of amides is 2. The normalized spacial score (nSPS) is 18.6. The van der Waals surface area contributed by atoms with Crippen LogP contribution >= 0.6 is 0 Å². The van der Waals surface area contributed by atoms with Crippen LogP contribution in [0, 0.1) is 0 Å². The molecule has 138 valence electrons. The van der Waals surface area contributed by atoms with Crippen LogP contribution in [0.3, 0.4) is 0 Å². The van der Waals surface area contributed by atoms with E-state index in [1.54, 1.807) is 43.3 Å². The second-order valence-electron chi connectivity index (χ2n) is 6.36. The lowest BCUT2D eigenvalue weighted by Gasteiger charge is -2.35. The Morgan fingerprint density at radius 1 is 1.24 bits per heavy atom. The summed E-state index contributed by atoms with van der Waals surface area (Å²) in [5.74, 6) is -0.359. The number of hydrogen-bond acceptors (Lipinski definition) is 4. The lowest BCUT2D eigenvalue weighted by Crippen LogP contribution is -2.51. The van der Waals surface area contributed by atoms with Crippen molar-refractivity contribution < 1.29 is 18.0 Å². The highest BCUT2D eigenvalue weighted by Gasteiger charge is 2.35. The lowest BCUT2D eigenvalue weighted by molar-refractivity contribution is -0.135. The zero-order valence-electron chi connectivity index (χ0n) is 14.9. The average Bonchev–Trinajstić information content (AvgIpc) is 2.60. The van der Waals surface area contributed by atoms with Gasteiger partial charge in [0.1, 0.15) is 6.04 Å². The molecule has 7 nitrogen and oxygen atoms in total. The number of sulfonamides is 1. The van der Waals surface area contributed by atoms with E-state index < -0.39 is 16.1 Å². The smallest absolute Gasteiger partial charge is 0.251 e. The van der Waals surface area contributed by atoms with Gasteiger partial charge in [-0.25, -0.2) is 8.42 Å². The van der Waals surface area contributed by atoms with Crippen LogP contribution in [0.1, 0.15) is 35.2 Å². The van der Waals surface area contributed by atoms with E-state index in [9.17, 15) is 18.0 Å². The molecule has 1 aromatic carbocycles. The van der Waals surface area contributed by atoms with E-state index in [4.69, 9.17) is 0 Å². The summed E-state index contributed by atoms with van der Waals surface area (Å²) < 4.78 is 25.2. The molecule has 1 aromatic rings. The van der Waals surface area contributed by atoms with Crippen molar-refractivity contribution in [3.8, 4) is 0 Å². The highest BCUT2D eigenvalue weighted by atomic mass is 32.2. The number of likely N-dealkylation sites (N-methyl/N-ethyl adjacent to an activating group) is 1. The minimum atomic E-state index is -3.40. The number of nitrogens with one attached hydrogen (secondary N) is 1. The van der Waals surface area contributed by atoms with Gasteiger partial charge >= 0.3 is 0 Å². The Hall–Kier alpha value is -1.93. The fourth-order valence-corrected chi connectivity index (χ4v) is 4.18. The number of piperidine rings is 1. The number of benzene rings is 1. The maximum Gasteiger partial charge on any atom is 0.251 e. The van der Waals surface area contributed by atoms with Gasteiger partial charge in [0.05, 0.1) is 6.26 Å². The predicted molar refractivity (Wildman–Crippen MR) is 95.5 cm³/mol. The summed E-state index contributed by atoms with van der Waals surface area (Å²) in [7, 11) is -0.163. The zero-order chi connectivity index (χ0) is 18.6. The van der Waals surface area contributed by atoms with E-state index in [0.29, 0.717) is 25.1 Å². The second kappa shape index (κ2) is 7.97. The van der Waals surface area contributed by atoms with Gasteiger partial charge in [-0.3, -0.25) is 9.59 Å². The topological polar surface area (TPSA) is 86.8 Å². The van der Waals surface area contributed by atoms with Gasteiger partial charge in [-0.2, -0.15) is 4.31 Å². The van der Waals surface area contributed by atoms with E-state index in [1.165, 1.54) is 4.31 Å². The molecule has 1 fully saturated rings. The monoisotopic (exact) mass is 367 g/mol. The van der Waals surface area contributed by atoms with E-state index in [-0.39, 0.29) is 11.8 Å². The Balaban J connectivity index is 2.07. The van der Waals surface area contributed by atoms with Gasteiger partial charge in [-0.1, -0.05) is 18.6 Å². The fraction of sp³-hybridized carbons (Fsp3) is 0.529. The van der Waals surface area contributed by atoms with Gasteiger partial charge in [0.2, 0.25) is 15.9 Å². The molecule has 1 unspecified atom stereocenters. The minimum Gasteiger partial charge on any atom is -0.355 e. The van der Waals surface area contributed by atoms with Crippen molar-refractivity contribution in [2.24, 2.45) is 0 Å². The average molecular weight is 367 g/mol. The van der Waals surface area contributed by atoms with Gasteiger partial charge in [0, 0.05) is 32.7 Å². The van der Waals surface area contributed by atoms with Crippen LogP contribution in [-0.2, 0) is 21.4 Å². The Kier molecular flexibility index (Phi) is 6.18. The van der Waals surface area contributed by atoms with E-state index in [0.717, 1.165) is 24.7 Å².